The molecule has 2 rings (SSSR count). The molecule has 0 radical (unpaired) electrons. The molecule has 0 aliphatic heterocycles. The summed E-state index contributed by atoms with van der Waals surface area (Å²) in [5.74, 6) is -0.308. The zero-order valence-corrected chi connectivity index (χ0v) is 12.2. The first-order valence-electron chi connectivity index (χ1n) is 7.06. The normalized spacial score (nSPS) is 26.4. The van der Waals surface area contributed by atoms with E-state index in [0.29, 0.717) is 4.90 Å². The van der Waals surface area contributed by atoms with Gasteiger partial charge in [0.15, 0.2) is 0 Å². The third-order valence-electron chi connectivity index (χ3n) is 3.88. The van der Waals surface area contributed by atoms with Crippen molar-refractivity contribution in [1.82, 2.24) is 5.32 Å². The predicted octanol–water partition coefficient (Wildman–Crippen LogP) is 3.24. The van der Waals surface area contributed by atoms with Crippen molar-refractivity contribution in [2.75, 3.05) is 7.05 Å². The Balaban J connectivity index is 2.18. The Labute approximate surface area is 117 Å². The molecular weight excluding hydrogens is 261 g/mol. The predicted molar refractivity (Wildman–Crippen MR) is 77.1 cm³/mol. The first-order valence-corrected chi connectivity index (χ1v) is 8.27. The van der Waals surface area contributed by atoms with E-state index in [-0.39, 0.29) is 17.1 Å². The van der Waals surface area contributed by atoms with Gasteiger partial charge in [-0.15, -0.1) is 0 Å². The van der Waals surface area contributed by atoms with E-state index in [1.54, 1.807) is 12.1 Å². The summed E-state index contributed by atoms with van der Waals surface area (Å²) in [5.41, 5.74) is 0. The molecule has 1 aliphatic rings. The maximum Gasteiger partial charge on any atom is 0.124 e. The SMILES string of the molecule is CNC1CCCCCCC1S(=O)c1cccc(F)c1. The van der Waals surface area contributed by atoms with E-state index >= 15 is 0 Å². The van der Waals surface area contributed by atoms with Crippen LogP contribution in [0, 0.1) is 5.82 Å². The Morgan fingerprint density at radius 1 is 1.21 bits per heavy atom. The highest BCUT2D eigenvalue weighted by atomic mass is 32.2. The van der Waals surface area contributed by atoms with E-state index in [1.807, 2.05) is 7.05 Å². The van der Waals surface area contributed by atoms with E-state index < -0.39 is 10.8 Å². The van der Waals surface area contributed by atoms with Gasteiger partial charge in [-0.3, -0.25) is 4.21 Å². The molecule has 1 fully saturated rings. The van der Waals surface area contributed by atoms with Gasteiger partial charge in [0.25, 0.3) is 0 Å². The topological polar surface area (TPSA) is 29.1 Å². The molecule has 1 aromatic rings. The van der Waals surface area contributed by atoms with Crippen LogP contribution >= 0.6 is 0 Å². The highest BCUT2D eigenvalue weighted by Crippen LogP contribution is 2.25. The lowest BCUT2D eigenvalue weighted by molar-refractivity contribution is 0.414. The molecule has 19 heavy (non-hydrogen) atoms. The van der Waals surface area contributed by atoms with Crippen LogP contribution in [-0.4, -0.2) is 22.5 Å². The molecule has 1 aromatic carbocycles. The third kappa shape index (κ3) is 3.86. The molecule has 0 heterocycles. The smallest absolute Gasteiger partial charge is 0.124 e. The van der Waals surface area contributed by atoms with E-state index in [2.05, 4.69) is 5.32 Å². The molecule has 4 heteroatoms. The number of hydrogen-bond donors (Lipinski definition) is 1. The van der Waals surface area contributed by atoms with Crippen molar-refractivity contribution in [3.8, 4) is 0 Å². The summed E-state index contributed by atoms with van der Waals surface area (Å²) in [5, 5.41) is 3.39. The highest BCUT2D eigenvalue weighted by molar-refractivity contribution is 7.85. The van der Waals surface area contributed by atoms with Gasteiger partial charge >= 0.3 is 0 Å². The first kappa shape index (κ1) is 14.7. The monoisotopic (exact) mass is 283 g/mol. The molecule has 3 unspecified atom stereocenters. The number of hydrogen-bond acceptors (Lipinski definition) is 2. The van der Waals surface area contributed by atoms with E-state index in [4.69, 9.17) is 0 Å². The number of benzene rings is 1. The lowest BCUT2D eigenvalue weighted by Crippen LogP contribution is -2.41. The zero-order valence-electron chi connectivity index (χ0n) is 11.4. The summed E-state index contributed by atoms with van der Waals surface area (Å²) in [6.07, 6.45) is 6.79. The molecule has 0 aromatic heterocycles. The van der Waals surface area contributed by atoms with Gasteiger partial charge in [-0.1, -0.05) is 31.7 Å². The minimum atomic E-state index is -1.13. The van der Waals surface area contributed by atoms with Crippen LogP contribution in [0.4, 0.5) is 4.39 Å². The minimum Gasteiger partial charge on any atom is -0.316 e. The van der Waals surface area contributed by atoms with Gasteiger partial charge in [-0.25, -0.2) is 4.39 Å². The average molecular weight is 283 g/mol. The van der Waals surface area contributed by atoms with Gasteiger partial charge < -0.3 is 5.32 Å². The van der Waals surface area contributed by atoms with Gasteiger partial charge in [0.1, 0.15) is 5.82 Å². The Kier molecular flexibility index (Phi) is 5.52. The fourth-order valence-corrected chi connectivity index (χ4v) is 4.55. The fourth-order valence-electron chi connectivity index (χ4n) is 2.80. The maximum absolute atomic E-state index is 13.3. The first-order chi connectivity index (χ1) is 9.22. The summed E-state index contributed by atoms with van der Waals surface area (Å²) in [4.78, 5) is 0.617. The molecular formula is C15H22FNOS. The molecule has 1 aliphatic carbocycles. The lowest BCUT2D eigenvalue weighted by atomic mass is 9.96. The zero-order chi connectivity index (χ0) is 13.7. The van der Waals surface area contributed by atoms with Crippen molar-refractivity contribution < 1.29 is 8.60 Å². The van der Waals surface area contributed by atoms with Gasteiger partial charge in [-0.05, 0) is 38.1 Å². The molecule has 0 saturated heterocycles. The molecule has 2 nitrogen and oxygen atoms in total. The quantitative estimate of drug-likeness (QED) is 0.922. The second-order valence-corrected chi connectivity index (χ2v) is 6.85. The van der Waals surface area contributed by atoms with Crippen molar-refractivity contribution in [2.45, 2.75) is 54.7 Å². The van der Waals surface area contributed by atoms with Crippen molar-refractivity contribution >= 4 is 10.8 Å². The van der Waals surface area contributed by atoms with Crippen LogP contribution in [0.2, 0.25) is 0 Å². The average Bonchev–Trinajstić information content (AvgIpc) is 2.38. The minimum absolute atomic E-state index is 0.0899. The number of nitrogens with one attached hydrogen (secondary N) is 1. The van der Waals surface area contributed by atoms with Crippen LogP contribution in [0.15, 0.2) is 29.2 Å². The van der Waals surface area contributed by atoms with Crippen molar-refractivity contribution in [2.24, 2.45) is 0 Å². The Morgan fingerprint density at radius 2 is 1.95 bits per heavy atom. The summed E-state index contributed by atoms with van der Waals surface area (Å²) < 4.78 is 26.0. The summed E-state index contributed by atoms with van der Waals surface area (Å²) in [6.45, 7) is 0. The Hall–Kier alpha value is -0.740. The van der Waals surface area contributed by atoms with Gasteiger partial charge in [0.2, 0.25) is 0 Å². The van der Waals surface area contributed by atoms with Crippen molar-refractivity contribution in [3.05, 3.63) is 30.1 Å². The second-order valence-electron chi connectivity index (χ2n) is 5.18. The molecule has 1 saturated carbocycles. The Bertz CT molecular complexity index is 438. The summed E-state index contributed by atoms with van der Waals surface area (Å²) >= 11 is 0. The lowest BCUT2D eigenvalue weighted by Gasteiger charge is -2.28. The fraction of sp³-hybridized carbons (Fsp3) is 0.600. The van der Waals surface area contributed by atoms with Gasteiger partial charge in [0.05, 0.1) is 16.0 Å². The largest absolute Gasteiger partial charge is 0.316 e. The van der Waals surface area contributed by atoms with Crippen LogP contribution in [-0.2, 0) is 10.8 Å². The van der Waals surface area contributed by atoms with Gasteiger partial charge in [0, 0.05) is 10.9 Å². The third-order valence-corrected chi connectivity index (χ3v) is 5.71. The molecule has 0 bridgehead atoms. The molecule has 0 spiro atoms. The van der Waals surface area contributed by atoms with Crippen LogP contribution in [0.25, 0.3) is 0 Å². The highest BCUT2D eigenvalue weighted by Gasteiger charge is 2.27. The second kappa shape index (κ2) is 7.15. The molecule has 1 N–H and O–H groups in total. The van der Waals surface area contributed by atoms with Crippen LogP contribution < -0.4 is 5.32 Å². The van der Waals surface area contributed by atoms with Crippen LogP contribution in [0.5, 0.6) is 0 Å². The van der Waals surface area contributed by atoms with E-state index in [9.17, 15) is 8.60 Å². The van der Waals surface area contributed by atoms with Crippen LogP contribution in [0.1, 0.15) is 38.5 Å². The molecule has 106 valence electrons. The molecule has 3 atom stereocenters. The maximum atomic E-state index is 13.3. The van der Waals surface area contributed by atoms with Gasteiger partial charge in [-0.2, -0.15) is 0 Å². The van der Waals surface area contributed by atoms with Crippen molar-refractivity contribution in [1.29, 1.82) is 0 Å². The summed E-state index contributed by atoms with van der Waals surface area (Å²) in [7, 11) is 0.801. The van der Waals surface area contributed by atoms with Crippen LogP contribution in [0.3, 0.4) is 0 Å². The van der Waals surface area contributed by atoms with E-state index in [0.717, 1.165) is 19.3 Å². The number of rotatable bonds is 3. The molecule has 0 amide bonds. The van der Waals surface area contributed by atoms with E-state index in [1.165, 1.54) is 31.4 Å². The summed E-state index contributed by atoms with van der Waals surface area (Å²) in [6, 6.07) is 6.48. The van der Waals surface area contributed by atoms with Crippen molar-refractivity contribution in [3.63, 3.8) is 0 Å². The number of halogens is 1. The Morgan fingerprint density at radius 3 is 2.63 bits per heavy atom. The standard InChI is InChI=1S/C15H22FNOS/c1-17-14-9-4-2-3-5-10-15(14)19(18)13-8-6-7-12(16)11-13/h6-8,11,14-15,17H,2-5,9-10H2,1H3.